The highest BCUT2D eigenvalue weighted by molar-refractivity contribution is 7.13. The van der Waals surface area contributed by atoms with Gasteiger partial charge < -0.3 is 19.5 Å². The molecular weight excluding hydrogens is 436 g/mol. The van der Waals surface area contributed by atoms with Gasteiger partial charge in [0.15, 0.2) is 0 Å². The number of benzene rings is 1. The highest BCUT2D eigenvalue weighted by Gasteiger charge is 2.17. The van der Waals surface area contributed by atoms with Crippen LogP contribution in [-0.2, 0) is 11.3 Å². The van der Waals surface area contributed by atoms with Crippen LogP contribution in [0.4, 0.5) is 11.4 Å². The topological polar surface area (TPSA) is 77.7 Å². The zero-order valence-electron chi connectivity index (χ0n) is 19.4. The number of likely N-dealkylation sites (N-methyl/N-ethyl adjacent to an activating group) is 1. The number of hydrogen-bond acceptors (Lipinski definition) is 8. The van der Waals surface area contributed by atoms with Gasteiger partial charge in [-0.25, -0.2) is 0 Å². The number of nitrogens with one attached hydrogen (secondary N) is 1. The van der Waals surface area contributed by atoms with Crippen molar-refractivity contribution >= 4 is 28.6 Å². The van der Waals surface area contributed by atoms with Gasteiger partial charge in [-0.3, -0.25) is 9.69 Å². The quantitative estimate of drug-likeness (QED) is 0.485. The minimum atomic E-state index is -0.0502. The number of rotatable bonds is 10. The summed E-state index contributed by atoms with van der Waals surface area (Å²) in [5.41, 5.74) is 2.01. The maximum atomic E-state index is 12.7. The van der Waals surface area contributed by atoms with E-state index < -0.39 is 0 Å². The molecule has 1 aromatic carbocycles. The average molecular weight is 469 g/mol. The number of hydrogen-bond donors (Lipinski definition) is 1. The third-order valence-electron chi connectivity index (χ3n) is 5.80. The van der Waals surface area contributed by atoms with Crippen molar-refractivity contribution in [3.8, 4) is 10.8 Å². The van der Waals surface area contributed by atoms with E-state index in [1.807, 2.05) is 34.5 Å². The Morgan fingerprint density at radius 3 is 2.58 bits per heavy atom. The first-order valence-electron chi connectivity index (χ1n) is 11.6. The number of carbonyl (C=O) groups excluding carboxylic acids is 1. The summed E-state index contributed by atoms with van der Waals surface area (Å²) in [6, 6.07) is 12.0. The van der Waals surface area contributed by atoms with Crippen LogP contribution in [0, 0.1) is 0 Å². The van der Waals surface area contributed by atoms with Crippen molar-refractivity contribution in [1.82, 2.24) is 20.0 Å². The Morgan fingerprint density at radius 1 is 1.12 bits per heavy atom. The second-order valence-corrected chi connectivity index (χ2v) is 9.15. The largest absolute Gasteiger partial charge is 0.419 e. The zero-order valence-corrected chi connectivity index (χ0v) is 20.2. The Labute approximate surface area is 199 Å². The van der Waals surface area contributed by atoms with E-state index in [0.29, 0.717) is 18.3 Å². The molecule has 1 amide bonds. The van der Waals surface area contributed by atoms with Gasteiger partial charge in [0.25, 0.3) is 5.89 Å². The second-order valence-electron chi connectivity index (χ2n) is 8.21. The normalized spacial score (nSPS) is 14.7. The summed E-state index contributed by atoms with van der Waals surface area (Å²) in [5.74, 6) is 0.995. The van der Waals surface area contributed by atoms with Crippen molar-refractivity contribution in [2.45, 2.75) is 26.8 Å². The Hall–Kier alpha value is -2.75. The molecule has 1 saturated heterocycles. The first-order valence-corrected chi connectivity index (χ1v) is 12.5. The smallest absolute Gasteiger partial charge is 0.257 e. The van der Waals surface area contributed by atoms with Crippen molar-refractivity contribution < 1.29 is 9.21 Å². The molecule has 0 unspecified atom stereocenters. The predicted octanol–water partition coefficient (Wildman–Crippen LogP) is 3.79. The maximum Gasteiger partial charge on any atom is 0.257 e. The van der Waals surface area contributed by atoms with Crippen molar-refractivity contribution in [2.75, 3.05) is 56.0 Å². The lowest BCUT2D eigenvalue weighted by atomic mass is 10.2. The van der Waals surface area contributed by atoms with Crippen LogP contribution in [0.15, 0.2) is 46.2 Å². The van der Waals surface area contributed by atoms with Crippen molar-refractivity contribution in [2.24, 2.45) is 0 Å². The van der Waals surface area contributed by atoms with E-state index >= 15 is 0 Å². The number of anilines is 2. The van der Waals surface area contributed by atoms with Crippen LogP contribution >= 0.6 is 11.3 Å². The minimum Gasteiger partial charge on any atom is -0.419 e. The van der Waals surface area contributed by atoms with Crippen LogP contribution in [0.5, 0.6) is 0 Å². The molecule has 8 nitrogen and oxygen atoms in total. The Balaban J connectivity index is 1.30. The Bertz CT molecular complexity index is 996. The van der Waals surface area contributed by atoms with Crippen LogP contribution in [-0.4, -0.2) is 71.7 Å². The summed E-state index contributed by atoms with van der Waals surface area (Å²) >= 11 is 1.56. The summed E-state index contributed by atoms with van der Waals surface area (Å²) in [6.07, 6.45) is 0.930. The Kier molecular flexibility index (Phi) is 8.09. The molecule has 176 valence electrons. The molecule has 0 aliphatic carbocycles. The fourth-order valence-corrected chi connectivity index (χ4v) is 4.66. The molecule has 1 aliphatic heterocycles. The molecule has 9 heteroatoms. The third-order valence-corrected chi connectivity index (χ3v) is 6.66. The molecule has 0 atom stereocenters. The van der Waals surface area contributed by atoms with Gasteiger partial charge in [0.2, 0.25) is 11.8 Å². The lowest BCUT2D eigenvalue weighted by Gasteiger charge is -2.35. The van der Waals surface area contributed by atoms with Crippen LogP contribution in [0.1, 0.15) is 26.2 Å². The highest BCUT2D eigenvalue weighted by Crippen LogP contribution is 2.23. The van der Waals surface area contributed by atoms with Gasteiger partial charge in [0.05, 0.1) is 18.0 Å². The van der Waals surface area contributed by atoms with E-state index in [4.69, 9.17) is 4.42 Å². The fraction of sp³-hybridized carbons (Fsp3) is 0.458. The van der Waals surface area contributed by atoms with Gasteiger partial charge >= 0.3 is 0 Å². The Morgan fingerprint density at radius 2 is 1.91 bits per heavy atom. The number of carbonyl (C=O) groups is 1. The van der Waals surface area contributed by atoms with Gasteiger partial charge in [-0.1, -0.05) is 19.9 Å². The molecular formula is C24H32N6O2S. The molecule has 0 spiro atoms. The number of nitrogens with zero attached hydrogens (tertiary/aromatic N) is 5. The first-order chi connectivity index (χ1) is 16.1. The minimum absolute atomic E-state index is 0.0502. The molecule has 3 aromatic rings. The summed E-state index contributed by atoms with van der Waals surface area (Å²) in [7, 11) is 0. The number of piperazine rings is 1. The van der Waals surface area contributed by atoms with Crippen molar-refractivity contribution in [1.29, 1.82) is 0 Å². The van der Waals surface area contributed by atoms with Crippen LogP contribution in [0.3, 0.4) is 0 Å². The van der Waals surface area contributed by atoms with E-state index in [1.165, 1.54) is 5.69 Å². The second kappa shape index (κ2) is 11.4. The molecule has 0 radical (unpaired) electrons. The molecule has 1 fully saturated rings. The zero-order chi connectivity index (χ0) is 23.0. The molecule has 1 N–H and O–H groups in total. The summed E-state index contributed by atoms with van der Waals surface area (Å²) in [6.45, 7) is 11.2. The summed E-state index contributed by atoms with van der Waals surface area (Å²) in [4.78, 5) is 20.5. The average Bonchev–Trinajstić information content (AvgIpc) is 3.52. The fourth-order valence-electron chi connectivity index (χ4n) is 4.02. The van der Waals surface area contributed by atoms with Crippen LogP contribution < -0.4 is 10.2 Å². The SMILES string of the molecule is CCCN(CC(=O)Nc1ccc(N2CCN(CC)CC2)cc1)Cc1nnc(-c2cccs2)o1. The molecule has 2 aromatic heterocycles. The highest BCUT2D eigenvalue weighted by atomic mass is 32.1. The molecule has 4 rings (SSSR count). The van der Waals surface area contributed by atoms with Crippen LogP contribution in [0.25, 0.3) is 10.8 Å². The van der Waals surface area contributed by atoms with Gasteiger partial charge in [0, 0.05) is 37.6 Å². The van der Waals surface area contributed by atoms with Gasteiger partial charge in [0.1, 0.15) is 0 Å². The lowest BCUT2D eigenvalue weighted by molar-refractivity contribution is -0.117. The van der Waals surface area contributed by atoms with Crippen LogP contribution in [0.2, 0.25) is 0 Å². The van der Waals surface area contributed by atoms with Crippen molar-refractivity contribution in [3.63, 3.8) is 0 Å². The van der Waals surface area contributed by atoms with Gasteiger partial charge in [-0.2, -0.15) is 0 Å². The number of aromatic nitrogens is 2. The standard InChI is InChI=1S/C24H32N6O2S/c1-3-11-29(18-23-26-27-24(32-23)21-6-5-16-33-21)17-22(31)25-19-7-9-20(10-8-19)30-14-12-28(4-2)13-15-30/h5-10,16H,3-4,11-15,17-18H2,1-2H3,(H,25,31). The number of amides is 1. The van der Waals surface area contributed by atoms with Gasteiger partial charge in [-0.05, 0) is 55.2 Å². The molecule has 3 heterocycles. The van der Waals surface area contributed by atoms with E-state index in [2.05, 4.69) is 51.3 Å². The predicted molar refractivity (Wildman–Crippen MR) is 133 cm³/mol. The van der Waals surface area contributed by atoms with Crippen molar-refractivity contribution in [3.05, 3.63) is 47.7 Å². The first kappa shape index (κ1) is 23.4. The molecule has 0 saturated carbocycles. The van der Waals surface area contributed by atoms with Gasteiger partial charge in [-0.15, -0.1) is 21.5 Å². The molecule has 1 aliphatic rings. The monoisotopic (exact) mass is 468 g/mol. The van der Waals surface area contributed by atoms with E-state index in [1.54, 1.807) is 11.3 Å². The molecule has 0 bridgehead atoms. The van der Waals surface area contributed by atoms with E-state index in [-0.39, 0.29) is 12.5 Å². The number of thiophene rings is 1. The third kappa shape index (κ3) is 6.40. The summed E-state index contributed by atoms with van der Waals surface area (Å²) in [5, 5.41) is 13.3. The van der Waals surface area contributed by atoms with E-state index in [9.17, 15) is 4.79 Å². The molecule has 33 heavy (non-hydrogen) atoms. The maximum absolute atomic E-state index is 12.7. The summed E-state index contributed by atoms with van der Waals surface area (Å²) < 4.78 is 5.80. The lowest BCUT2D eigenvalue weighted by Crippen LogP contribution is -2.46. The van der Waals surface area contributed by atoms with E-state index in [0.717, 1.165) is 56.3 Å².